The van der Waals surface area contributed by atoms with Gasteiger partial charge in [0.15, 0.2) is 18.1 Å². The number of carbonyl (C=O) groups excluding carboxylic acids is 1. The molecule has 0 unspecified atom stereocenters. The topological polar surface area (TPSA) is 94.8 Å². The Bertz CT molecular complexity index is 1710. The van der Waals surface area contributed by atoms with E-state index in [9.17, 15) is 14.0 Å². The maximum Gasteiger partial charge on any atom is 0.282 e. The zero-order valence-corrected chi connectivity index (χ0v) is 24.2. The molecule has 0 bridgehead atoms. The number of nitrogens with one attached hydrogen (secondary N) is 1. The number of ether oxygens (including phenoxy) is 2. The normalized spacial score (nSPS) is 13.7. The van der Waals surface area contributed by atoms with Gasteiger partial charge in [0, 0.05) is 11.5 Å². The van der Waals surface area contributed by atoms with Gasteiger partial charge < -0.3 is 14.8 Å². The van der Waals surface area contributed by atoms with Crippen LogP contribution in [0.15, 0.2) is 83.2 Å². The number of benzene rings is 3. The molecule has 1 saturated carbocycles. The molecule has 0 aliphatic heterocycles. The van der Waals surface area contributed by atoms with Crippen LogP contribution in [0.4, 0.5) is 10.1 Å². The van der Waals surface area contributed by atoms with Crippen LogP contribution in [0.25, 0.3) is 10.9 Å². The first-order valence-electron chi connectivity index (χ1n) is 14.6. The van der Waals surface area contributed by atoms with Crippen LogP contribution in [0.3, 0.4) is 0 Å². The van der Waals surface area contributed by atoms with E-state index in [1.807, 2.05) is 31.2 Å². The number of aromatic nitrogens is 2. The highest BCUT2D eigenvalue weighted by Crippen LogP contribution is 2.34. The first-order chi connectivity index (χ1) is 21.0. The lowest BCUT2D eigenvalue weighted by Gasteiger charge is -2.22. The third-order valence-corrected chi connectivity index (χ3v) is 7.39. The Morgan fingerprint density at radius 3 is 2.65 bits per heavy atom. The molecule has 1 aliphatic rings. The average Bonchev–Trinajstić information content (AvgIpc) is 3.02. The van der Waals surface area contributed by atoms with Crippen molar-refractivity contribution in [2.75, 3.05) is 18.5 Å². The Morgan fingerprint density at radius 2 is 1.88 bits per heavy atom. The molecule has 1 amide bonds. The zero-order chi connectivity index (χ0) is 30.2. The van der Waals surface area contributed by atoms with Crippen LogP contribution in [0.5, 0.6) is 11.5 Å². The summed E-state index contributed by atoms with van der Waals surface area (Å²) >= 11 is 0. The predicted molar refractivity (Wildman–Crippen MR) is 167 cm³/mol. The van der Waals surface area contributed by atoms with Crippen LogP contribution in [-0.2, 0) is 11.2 Å². The molecule has 5 rings (SSSR count). The van der Waals surface area contributed by atoms with Crippen molar-refractivity contribution in [2.24, 2.45) is 5.10 Å². The quantitative estimate of drug-likeness (QED) is 0.159. The van der Waals surface area contributed by atoms with Gasteiger partial charge in [0.05, 0.1) is 29.4 Å². The molecule has 0 spiro atoms. The van der Waals surface area contributed by atoms with E-state index in [2.05, 4.69) is 17.0 Å². The summed E-state index contributed by atoms with van der Waals surface area (Å²) in [6, 6.07) is 16.9. The number of fused-ring (bicyclic) bond motifs is 1. The lowest BCUT2D eigenvalue weighted by molar-refractivity contribution is -0.118. The Hall–Kier alpha value is -4.79. The van der Waals surface area contributed by atoms with E-state index < -0.39 is 11.7 Å². The molecule has 222 valence electrons. The molecular formula is C34H35FN4O4. The number of halogens is 1. The van der Waals surface area contributed by atoms with Crippen LogP contribution in [0, 0.1) is 5.82 Å². The Kier molecular flexibility index (Phi) is 9.61. The van der Waals surface area contributed by atoms with Crippen molar-refractivity contribution in [2.45, 2.75) is 51.4 Å². The molecule has 43 heavy (non-hydrogen) atoms. The van der Waals surface area contributed by atoms with Crippen LogP contribution < -0.4 is 20.3 Å². The maximum absolute atomic E-state index is 14.0. The van der Waals surface area contributed by atoms with Crippen molar-refractivity contribution in [3.05, 3.63) is 106 Å². The molecular weight excluding hydrogens is 547 g/mol. The molecule has 9 heteroatoms. The molecule has 3 aromatic carbocycles. The maximum atomic E-state index is 14.0. The van der Waals surface area contributed by atoms with Crippen LogP contribution in [0.2, 0.25) is 0 Å². The fourth-order valence-corrected chi connectivity index (χ4v) is 5.38. The number of hydrogen-bond acceptors (Lipinski definition) is 6. The lowest BCUT2D eigenvalue weighted by Crippen LogP contribution is -2.25. The number of carbonyl (C=O) groups is 1. The van der Waals surface area contributed by atoms with E-state index in [-0.39, 0.29) is 23.8 Å². The minimum Gasteiger partial charge on any atom is -0.490 e. The fourth-order valence-electron chi connectivity index (χ4n) is 5.38. The van der Waals surface area contributed by atoms with E-state index in [0.29, 0.717) is 46.8 Å². The van der Waals surface area contributed by atoms with E-state index in [1.165, 1.54) is 23.2 Å². The minimum absolute atomic E-state index is 0.0741. The number of allylic oxidation sites excluding steroid dienone is 1. The van der Waals surface area contributed by atoms with Gasteiger partial charge in [0.1, 0.15) is 11.6 Å². The molecule has 0 saturated heterocycles. The molecule has 1 fully saturated rings. The van der Waals surface area contributed by atoms with Crippen molar-refractivity contribution in [3.8, 4) is 11.5 Å². The molecule has 1 N–H and O–H groups in total. The van der Waals surface area contributed by atoms with Gasteiger partial charge in [0.2, 0.25) is 0 Å². The van der Waals surface area contributed by atoms with E-state index in [1.54, 1.807) is 36.6 Å². The van der Waals surface area contributed by atoms with Crippen LogP contribution in [-0.4, -0.2) is 35.0 Å². The van der Waals surface area contributed by atoms with Gasteiger partial charge in [-0.2, -0.15) is 9.78 Å². The Labute approximate surface area is 249 Å². The first kappa shape index (κ1) is 29.7. The highest BCUT2D eigenvalue weighted by molar-refractivity contribution is 5.92. The second-order valence-electron chi connectivity index (χ2n) is 10.4. The summed E-state index contributed by atoms with van der Waals surface area (Å²) < 4.78 is 27.2. The average molecular weight is 583 g/mol. The van der Waals surface area contributed by atoms with Gasteiger partial charge in [-0.05, 0) is 68.1 Å². The van der Waals surface area contributed by atoms with Crippen molar-refractivity contribution in [3.63, 3.8) is 0 Å². The standard InChI is InChI=1S/C34H35FN4O4/c1-3-12-25-19-23(20-30(42-4-2)32(25)43-22-31(40)37-29-18-11-9-16-27(29)35)21-36-39-33(24-13-6-5-7-14-24)38-28-17-10-8-15-26(28)34(39)41/h3,8-11,15-21,24H,1,4-7,12-14,22H2,2H3,(H,37,40). The number of nitrogens with zero attached hydrogens (tertiary/aromatic N) is 3. The monoisotopic (exact) mass is 582 g/mol. The van der Waals surface area contributed by atoms with E-state index in [4.69, 9.17) is 14.5 Å². The first-order valence-corrected chi connectivity index (χ1v) is 14.6. The number of hydrogen-bond donors (Lipinski definition) is 1. The second kappa shape index (κ2) is 13.9. The highest BCUT2D eigenvalue weighted by Gasteiger charge is 2.22. The summed E-state index contributed by atoms with van der Waals surface area (Å²) in [4.78, 5) is 31.1. The highest BCUT2D eigenvalue weighted by atomic mass is 19.1. The van der Waals surface area contributed by atoms with Crippen LogP contribution >= 0.6 is 0 Å². The number of rotatable bonds is 11. The summed E-state index contributed by atoms with van der Waals surface area (Å²) in [6.45, 7) is 5.70. The van der Waals surface area contributed by atoms with E-state index >= 15 is 0 Å². The molecule has 4 aromatic rings. The Morgan fingerprint density at radius 1 is 1.12 bits per heavy atom. The van der Waals surface area contributed by atoms with Gasteiger partial charge in [0.25, 0.3) is 11.5 Å². The van der Waals surface area contributed by atoms with Crippen LogP contribution in [0.1, 0.15) is 61.9 Å². The minimum atomic E-state index is -0.533. The van der Waals surface area contributed by atoms with Gasteiger partial charge in [-0.3, -0.25) is 9.59 Å². The molecule has 1 heterocycles. The molecule has 0 radical (unpaired) electrons. The molecule has 8 nitrogen and oxygen atoms in total. The zero-order valence-electron chi connectivity index (χ0n) is 24.2. The van der Waals surface area contributed by atoms with Gasteiger partial charge in [-0.25, -0.2) is 9.37 Å². The fraction of sp³-hybridized carbons (Fsp3) is 0.294. The summed E-state index contributed by atoms with van der Waals surface area (Å²) in [5.41, 5.74) is 1.94. The van der Waals surface area contributed by atoms with Crippen molar-refractivity contribution in [1.29, 1.82) is 0 Å². The number of amides is 1. The summed E-state index contributed by atoms with van der Waals surface area (Å²) in [7, 11) is 0. The second-order valence-corrected chi connectivity index (χ2v) is 10.4. The number of para-hydroxylation sites is 2. The van der Waals surface area contributed by atoms with Crippen molar-refractivity contribution in [1.82, 2.24) is 9.66 Å². The Balaban J connectivity index is 1.47. The third-order valence-electron chi connectivity index (χ3n) is 7.39. The molecule has 0 atom stereocenters. The van der Waals surface area contributed by atoms with Gasteiger partial charge >= 0.3 is 0 Å². The predicted octanol–water partition coefficient (Wildman–Crippen LogP) is 6.61. The smallest absolute Gasteiger partial charge is 0.282 e. The van der Waals surface area contributed by atoms with Crippen molar-refractivity contribution < 1.29 is 18.7 Å². The number of anilines is 1. The van der Waals surface area contributed by atoms with E-state index in [0.717, 1.165) is 31.2 Å². The molecule has 1 aliphatic carbocycles. The van der Waals surface area contributed by atoms with Crippen molar-refractivity contribution >= 4 is 28.7 Å². The summed E-state index contributed by atoms with van der Waals surface area (Å²) in [5.74, 6) is 0.588. The SMILES string of the molecule is C=CCc1cc(C=Nn2c(C3CCCCC3)nc3ccccc3c2=O)cc(OCC)c1OCC(=O)Nc1ccccc1F. The largest absolute Gasteiger partial charge is 0.490 e. The van der Waals surface area contributed by atoms with Gasteiger partial charge in [-0.1, -0.05) is 49.6 Å². The third kappa shape index (κ3) is 6.99. The summed E-state index contributed by atoms with van der Waals surface area (Å²) in [5, 5.41) is 7.69. The lowest BCUT2D eigenvalue weighted by atomic mass is 9.88. The van der Waals surface area contributed by atoms with Gasteiger partial charge in [-0.15, -0.1) is 6.58 Å². The molecule has 1 aromatic heterocycles. The summed E-state index contributed by atoms with van der Waals surface area (Å²) in [6.07, 6.45) is 9.08.